The largest absolute Gasteiger partial charge is 0.450 e. The molecule has 2 saturated heterocycles. The third-order valence-corrected chi connectivity index (χ3v) is 9.02. The van der Waals surface area contributed by atoms with Gasteiger partial charge in [-0.1, -0.05) is 13.8 Å². The zero-order valence-corrected chi connectivity index (χ0v) is 22.8. The maximum atomic E-state index is 13.5. The van der Waals surface area contributed by atoms with Crippen molar-refractivity contribution < 1.29 is 22.7 Å². The first-order valence-corrected chi connectivity index (χ1v) is 14.4. The van der Waals surface area contributed by atoms with Crippen LogP contribution in [0.2, 0.25) is 0 Å². The number of nitrogens with zero attached hydrogens (tertiary/aromatic N) is 4. The minimum Gasteiger partial charge on any atom is -0.450 e. The summed E-state index contributed by atoms with van der Waals surface area (Å²) in [4.78, 5) is 42.1. The summed E-state index contributed by atoms with van der Waals surface area (Å²) in [5.41, 5.74) is 0.0826. The molecule has 0 aliphatic carbocycles. The Morgan fingerprint density at radius 3 is 2.22 bits per heavy atom. The maximum Gasteiger partial charge on any atom is 0.409 e. The molecule has 11 heteroatoms. The number of aryl methyl sites for hydroxylation is 1. The molecule has 0 N–H and O–H groups in total. The topological polar surface area (TPSA) is 109 Å². The number of amides is 2. The fourth-order valence-corrected chi connectivity index (χ4v) is 7.09. The number of piperazine rings is 1. The molecule has 2 fully saturated rings. The van der Waals surface area contributed by atoms with Gasteiger partial charge in [-0.25, -0.2) is 13.2 Å². The number of hydrogen-bond donors (Lipinski definition) is 0. The van der Waals surface area contributed by atoms with Gasteiger partial charge in [-0.05, 0) is 50.3 Å². The van der Waals surface area contributed by atoms with E-state index in [2.05, 4.69) is 0 Å². The Morgan fingerprint density at radius 1 is 1.00 bits per heavy atom. The fraction of sp³-hybridized carbons (Fsp3) is 0.577. The Kier molecular flexibility index (Phi) is 7.94. The lowest BCUT2D eigenvalue weighted by Gasteiger charge is -2.34. The Balaban J connectivity index is 1.67. The Morgan fingerprint density at radius 2 is 1.62 bits per heavy atom. The van der Waals surface area contributed by atoms with E-state index in [0.29, 0.717) is 38.2 Å². The quantitative estimate of drug-likeness (QED) is 0.586. The first-order chi connectivity index (χ1) is 17.6. The molecule has 2 aromatic rings. The van der Waals surface area contributed by atoms with Crippen LogP contribution in [0.15, 0.2) is 34.1 Å². The van der Waals surface area contributed by atoms with Crippen LogP contribution in [0, 0.1) is 11.8 Å². The van der Waals surface area contributed by atoms with Gasteiger partial charge in [0.05, 0.1) is 17.0 Å². The highest BCUT2D eigenvalue weighted by atomic mass is 32.2. The van der Waals surface area contributed by atoms with E-state index in [9.17, 15) is 22.8 Å². The molecule has 0 radical (unpaired) electrons. The van der Waals surface area contributed by atoms with E-state index in [1.165, 1.54) is 15.3 Å². The highest BCUT2D eigenvalue weighted by molar-refractivity contribution is 7.89. The van der Waals surface area contributed by atoms with Gasteiger partial charge in [0.25, 0.3) is 5.91 Å². The van der Waals surface area contributed by atoms with Crippen molar-refractivity contribution in [2.45, 2.75) is 45.6 Å². The van der Waals surface area contributed by atoms with Gasteiger partial charge in [0.2, 0.25) is 15.5 Å². The molecule has 202 valence electrons. The van der Waals surface area contributed by atoms with Gasteiger partial charge in [-0.3, -0.25) is 9.59 Å². The molecular weight excluding hydrogens is 496 g/mol. The van der Waals surface area contributed by atoms with Crippen molar-refractivity contribution in [1.82, 2.24) is 18.7 Å². The van der Waals surface area contributed by atoms with E-state index in [4.69, 9.17) is 4.74 Å². The number of piperidine rings is 1. The molecule has 1 aromatic carbocycles. The number of sulfonamides is 1. The number of fused-ring (bicyclic) bond motifs is 1. The molecule has 2 amide bonds. The third-order valence-electron chi connectivity index (χ3n) is 7.19. The summed E-state index contributed by atoms with van der Waals surface area (Å²) < 4.78 is 35.3. The van der Waals surface area contributed by atoms with Crippen molar-refractivity contribution >= 4 is 32.9 Å². The fourth-order valence-electron chi connectivity index (χ4n) is 5.38. The van der Waals surface area contributed by atoms with Gasteiger partial charge in [-0.2, -0.15) is 4.31 Å². The molecule has 10 nitrogen and oxygen atoms in total. The molecule has 2 aliphatic heterocycles. The number of hydrogen-bond acceptors (Lipinski definition) is 6. The average Bonchev–Trinajstić information content (AvgIpc) is 2.88. The molecule has 3 heterocycles. The maximum absolute atomic E-state index is 13.5. The predicted molar refractivity (Wildman–Crippen MR) is 140 cm³/mol. The minimum absolute atomic E-state index is 0.00583. The zero-order chi connectivity index (χ0) is 26.9. The van der Waals surface area contributed by atoms with Gasteiger partial charge >= 0.3 is 6.09 Å². The van der Waals surface area contributed by atoms with Gasteiger partial charge < -0.3 is 19.1 Å². The van der Waals surface area contributed by atoms with Crippen molar-refractivity contribution in [3.05, 3.63) is 40.2 Å². The standard InChI is InChI=1S/C26H36N4O6S/c1-5-27-17-22(25(32)28-9-11-29(12-10-28)26(33)36-6-2)24(31)21-14-20(7-8-23(21)27)37(34,35)30-15-18(3)13-19(4)16-30/h7-8,14,17-19H,5-6,9-13,15-16H2,1-4H3/t18-,19-/m1/s1. The van der Waals surface area contributed by atoms with Crippen LogP contribution in [0.5, 0.6) is 0 Å². The highest BCUT2D eigenvalue weighted by Gasteiger charge is 2.32. The summed E-state index contributed by atoms with van der Waals surface area (Å²) in [7, 11) is -3.79. The van der Waals surface area contributed by atoms with Crippen LogP contribution in [-0.4, -0.2) is 85.0 Å². The van der Waals surface area contributed by atoms with Crippen LogP contribution in [0.4, 0.5) is 4.79 Å². The summed E-state index contributed by atoms with van der Waals surface area (Å²) in [6.45, 7) is 10.6. The lowest BCUT2D eigenvalue weighted by Crippen LogP contribution is -2.51. The number of rotatable bonds is 5. The second-order valence-electron chi connectivity index (χ2n) is 10.1. The number of carbonyl (C=O) groups is 2. The molecule has 0 unspecified atom stereocenters. The van der Waals surface area contributed by atoms with Crippen LogP contribution < -0.4 is 5.43 Å². The van der Waals surface area contributed by atoms with E-state index in [1.54, 1.807) is 34.7 Å². The molecule has 0 spiro atoms. The third kappa shape index (κ3) is 5.38. The molecular formula is C26H36N4O6S. The van der Waals surface area contributed by atoms with Gasteiger partial charge in [0.15, 0.2) is 0 Å². The van der Waals surface area contributed by atoms with Crippen LogP contribution in [-0.2, 0) is 21.3 Å². The Bertz CT molecular complexity index is 1340. The highest BCUT2D eigenvalue weighted by Crippen LogP contribution is 2.28. The Labute approximate surface area is 217 Å². The van der Waals surface area contributed by atoms with E-state index in [1.807, 2.05) is 20.8 Å². The first-order valence-electron chi connectivity index (χ1n) is 12.9. The predicted octanol–water partition coefficient (Wildman–Crippen LogP) is 2.60. The second kappa shape index (κ2) is 10.8. The van der Waals surface area contributed by atoms with Gasteiger partial charge in [0.1, 0.15) is 5.56 Å². The van der Waals surface area contributed by atoms with Crippen molar-refractivity contribution in [3.63, 3.8) is 0 Å². The van der Waals surface area contributed by atoms with Gasteiger partial charge in [0, 0.05) is 57.4 Å². The average molecular weight is 533 g/mol. The van der Waals surface area contributed by atoms with Gasteiger partial charge in [-0.15, -0.1) is 0 Å². The van der Waals surface area contributed by atoms with Crippen molar-refractivity contribution in [1.29, 1.82) is 0 Å². The number of carbonyl (C=O) groups excluding carboxylic acids is 2. The number of aromatic nitrogens is 1. The normalized spacial score (nSPS) is 21.3. The second-order valence-corrected chi connectivity index (χ2v) is 12.0. The summed E-state index contributed by atoms with van der Waals surface area (Å²) >= 11 is 0. The molecule has 1 aromatic heterocycles. The van der Waals surface area contributed by atoms with E-state index >= 15 is 0 Å². The SMILES string of the molecule is CCOC(=O)N1CCN(C(=O)c2cn(CC)c3ccc(S(=O)(=O)N4C[C@H](C)C[C@@H](C)C4)cc3c2=O)CC1. The monoisotopic (exact) mass is 532 g/mol. The summed E-state index contributed by atoms with van der Waals surface area (Å²) in [5.74, 6) is 0.0826. The van der Waals surface area contributed by atoms with E-state index in [-0.39, 0.29) is 47.4 Å². The van der Waals surface area contributed by atoms with E-state index < -0.39 is 27.5 Å². The molecule has 4 rings (SSSR count). The zero-order valence-electron chi connectivity index (χ0n) is 22.0. The van der Waals surface area contributed by atoms with Crippen LogP contribution in [0.3, 0.4) is 0 Å². The summed E-state index contributed by atoms with van der Waals surface area (Å²) in [5, 5.41) is 0.206. The number of benzene rings is 1. The lowest BCUT2D eigenvalue weighted by atomic mass is 9.94. The number of pyridine rings is 1. The van der Waals surface area contributed by atoms with Crippen LogP contribution in [0.25, 0.3) is 10.9 Å². The Hall–Kier alpha value is -2.92. The summed E-state index contributed by atoms with van der Waals surface area (Å²) in [6.07, 6.45) is 2.11. The van der Waals surface area contributed by atoms with E-state index in [0.717, 1.165) is 6.42 Å². The van der Waals surface area contributed by atoms with Crippen molar-refractivity contribution in [2.75, 3.05) is 45.9 Å². The van der Waals surface area contributed by atoms with Crippen molar-refractivity contribution in [2.24, 2.45) is 11.8 Å². The number of ether oxygens (including phenoxy) is 1. The molecule has 2 aliphatic rings. The molecule has 0 bridgehead atoms. The minimum atomic E-state index is -3.79. The lowest BCUT2D eigenvalue weighted by molar-refractivity contribution is 0.0569. The summed E-state index contributed by atoms with van der Waals surface area (Å²) in [6, 6.07) is 4.61. The van der Waals surface area contributed by atoms with Crippen molar-refractivity contribution in [3.8, 4) is 0 Å². The van der Waals surface area contributed by atoms with Crippen LogP contribution in [0.1, 0.15) is 44.5 Å². The molecule has 37 heavy (non-hydrogen) atoms. The molecule has 2 atom stereocenters. The first kappa shape index (κ1) is 27.1. The molecule has 0 saturated carbocycles. The van der Waals surface area contributed by atoms with Crippen LogP contribution >= 0.6 is 0 Å². The smallest absolute Gasteiger partial charge is 0.409 e.